The summed E-state index contributed by atoms with van der Waals surface area (Å²) in [6.45, 7) is 6.09. The molecular weight excluding hydrogens is 326 g/mol. The predicted octanol–water partition coefficient (Wildman–Crippen LogP) is 2.70. The normalized spacial score (nSPS) is 14.5. The number of rotatable bonds is 9. The van der Waals surface area contributed by atoms with Crippen LogP contribution in [0.3, 0.4) is 0 Å². The lowest BCUT2D eigenvalue weighted by Crippen LogP contribution is -2.40. The monoisotopic (exact) mass is 355 g/mol. The van der Waals surface area contributed by atoms with E-state index in [4.69, 9.17) is 9.73 Å². The van der Waals surface area contributed by atoms with Crippen molar-refractivity contribution in [1.29, 1.82) is 0 Å². The molecule has 1 aliphatic rings. The second-order valence-electron chi connectivity index (χ2n) is 6.73. The smallest absolute Gasteiger partial charge is 0.194 e. The van der Waals surface area contributed by atoms with Crippen LogP contribution in [0.1, 0.15) is 25.3 Å². The van der Waals surface area contributed by atoms with Gasteiger partial charge in [0, 0.05) is 39.1 Å². The maximum atomic E-state index is 5.74. The first-order valence-corrected chi connectivity index (χ1v) is 9.42. The number of hydrogen-bond donors (Lipinski definition) is 1. The van der Waals surface area contributed by atoms with Gasteiger partial charge in [-0.1, -0.05) is 12.1 Å². The van der Waals surface area contributed by atoms with Crippen LogP contribution in [-0.4, -0.2) is 54.0 Å². The average Bonchev–Trinajstić information content (AvgIpc) is 3.33. The van der Waals surface area contributed by atoms with E-state index >= 15 is 0 Å². The Kier molecular flexibility index (Phi) is 6.66. The molecule has 1 aromatic heterocycles. The number of benzene rings is 1. The largest absolute Gasteiger partial charge is 0.379 e. The highest BCUT2D eigenvalue weighted by Crippen LogP contribution is 2.28. The zero-order chi connectivity index (χ0) is 18.2. The van der Waals surface area contributed by atoms with Gasteiger partial charge in [0.05, 0.1) is 18.8 Å². The van der Waals surface area contributed by atoms with Crippen LogP contribution in [0.2, 0.25) is 0 Å². The Balaban J connectivity index is 1.52. The van der Waals surface area contributed by atoms with Gasteiger partial charge < -0.3 is 15.0 Å². The van der Waals surface area contributed by atoms with Gasteiger partial charge >= 0.3 is 0 Å². The van der Waals surface area contributed by atoms with Crippen molar-refractivity contribution in [2.24, 2.45) is 10.9 Å². The second kappa shape index (κ2) is 9.38. The lowest BCUT2D eigenvalue weighted by atomic mass is 10.2. The van der Waals surface area contributed by atoms with Crippen LogP contribution in [0.15, 0.2) is 47.7 Å². The van der Waals surface area contributed by atoms with Crippen LogP contribution in [0, 0.1) is 5.92 Å². The number of aromatic nitrogens is 2. The zero-order valence-electron chi connectivity index (χ0n) is 15.8. The fraction of sp³-hybridized carbons (Fsp3) is 0.500. The van der Waals surface area contributed by atoms with Gasteiger partial charge in [0.25, 0.3) is 0 Å². The molecule has 2 aromatic rings. The van der Waals surface area contributed by atoms with E-state index in [1.54, 1.807) is 6.20 Å². The molecule has 6 heteroatoms. The molecule has 0 atom stereocenters. The molecule has 140 valence electrons. The number of ether oxygens (including phenoxy) is 1. The standard InChI is InChI=1S/C20H29N5O/c1-3-21-20(24(2)13-14-26-16-18-5-6-18)22-15-17-7-9-19(10-8-17)25-12-4-11-23-25/h4,7-12,18H,3,5-6,13-16H2,1-2H3,(H,21,22). The highest BCUT2D eigenvalue weighted by Gasteiger charge is 2.21. The molecule has 1 fully saturated rings. The van der Waals surface area contributed by atoms with Crippen LogP contribution in [0.25, 0.3) is 5.69 Å². The van der Waals surface area contributed by atoms with Gasteiger partial charge in [0.2, 0.25) is 0 Å². The van der Waals surface area contributed by atoms with Gasteiger partial charge in [-0.3, -0.25) is 0 Å². The van der Waals surface area contributed by atoms with Crippen molar-refractivity contribution in [3.05, 3.63) is 48.3 Å². The number of hydrogen-bond acceptors (Lipinski definition) is 3. The first-order chi connectivity index (χ1) is 12.8. The number of likely N-dealkylation sites (N-methyl/N-ethyl adjacent to an activating group) is 1. The fourth-order valence-electron chi connectivity index (χ4n) is 2.65. The van der Waals surface area contributed by atoms with E-state index in [9.17, 15) is 0 Å². The molecule has 0 aliphatic heterocycles. The molecule has 3 rings (SSSR count). The summed E-state index contributed by atoms with van der Waals surface area (Å²) in [5.74, 6) is 1.73. The molecular formula is C20H29N5O. The molecule has 0 bridgehead atoms. The summed E-state index contributed by atoms with van der Waals surface area (Å²) >= 11 is 0. The number of aliphatic imine (C=N–C) groups is 1. The molecule has 0 saturated heterocycles. The minimum atomic E-state index is 0.648. The number of nitrogens with zero attached hydrogens (tertiary/aromatic N) is 4. The summed E-state index contributed by atoms with van der Waals surface area (Å²) in [6.07, 6.45) is 6.39. The van der Waals surface area contributed by atoms with Crippen LogP contribution in [0.5, 0.6) is 0 Å². The highest BCUT2D eigenvalue weighted by atomic mass is 16.5. The van der Waals surface area contributed by atoms with Crippen LogP contribution >= 0.6 is 0 Å². The third-order valence-corrected chi connectivity index (χ3v) is 4.43. The van der Waals surface area contributed by atoms with Gasteiger partial charge in [-0.25, -0.2) is 9.67 Å². The minimum Gasteiger partial charge on any atom is -0.379 e. The lowest BCUT2D eigenvalue weighted by molar-refractivity contribution is 0.115. The molecule has 1 N–H and O–H groups in total. The lowest BCUT2D eigenvalue weighted by Gasteiger charge is -2.22. The van der Waals surface area contributed by atoms with E-state index < -0.39 is 0 Å². The molecule has 1 heterocycles. The fourth-order valence-corrected chi connectivity index (χ4v) is 2.65. The molecule has 0 radical (unpaired) electrons. The molecule has 1 saturated carbocycles. The molecule has 0 spiro atoms. The third-order valence-electron chi connectivity index (χ3n) is 4.43. The van der Waals surface area contributed by atoms with Crippen LogP contribution < -0.4 is 5.32 Å². The van der Waals surface area contributed by atoms with Crippen LogP contribution in [-0.2, 0) is 11.3 Å². The molecule has 1 aromatic carbocycles. The molecule has 26 heavy (non-hydrogen) atoms. The summed E-state index contributed by atoms with van der Waals surface area (Å²) in [5, 5.41) is 7.60. The van der Waals surface area contributed by atoms with Crippen molar-refractivity contribution in [3.63, 3.8) is 0 Å². The Hall–Kier alpha value is -2.34. The van der Waals surface area contributed by atoms with Gasteiger partial charge in [-0.05, 0) is 49.4 Å². The Bertz CT molecular complexity index is 677. The molecule has 1 aliphatic carbocycles. The first kappa shape index (κ1) is 18.5. The Morgan fingerprint density at radius 2 is 2.15 bits per heavy atom. The quantitative estimate of drug-likeness (QED) is 0.427. The zero-order valence-corrected chi connectivity index (χ0v) is 15.8. The van der Waals surface area contributed by atoms with Gasteiger partial charge in [-0.15, -0.1) is 0 Å². The third kappa shape index (κ3) is 5.59. The van der Waals surface area contributed by atoms with Gasteiger partial charge in [-0.2, -0.15) is 5.10 Å². The number of nitrogens with one attached hydrogen (secondary N) is 1. The maximum Gasteiger partial charge on any atom is 0.194 e. The van der Waals surface area contributed by atoms with Gasteiger partial charge in [0.15, 0.2) is 5.96 Å². The molecule has 6 nitrogen and oxygen atoms in total. The topological polar surface area (TPSA) is 54.7 Å². The summed E-state index contributed by atoms with van der Waals surface area (Å²) in [5.41, 5.74) is 2.23. The van der Waals surface area contributed by atoms with Crippen molar-refractivity contribution < 1.29 is 4.74 Å². The second-order valence-corrected chi connectivity index (χ2v) is 6.73. The first-order valence-electron chi connectivity index (χ1n) is 9.42. The van der Waals surface area contributed by atoms with E-state index in [1.165, 1.54) is 18.4 Å². The van der Waals surface area contributed by atoms with E-state index in [2.05, 4.69) is 53.6 Å². The minimum absolute atomic E-state index is 0.648. The van der Waals surface area contributed by atoms with Crippen molar-refractivity contribution in [2.75, 3.05) is 33.4 Å². The Morgan fingerprint density at radius 3 is 2.81 bits per heavy atom. The summed E-state index contributed by atoms with van der Waals surface area (Å²) < 4.78 is 7.59. The molecule has 0 unspecified atom stereocenters. The van der Waals surface area contributed by atoms with Crippen LogP contribution in [0.4, 0.5) is 0 Å². The van der Waals surface area contributed by atoms with E-state index in [-0.39, 0.29) is 0 Å². The maximum absolute atomic E-state index is 5.74. The van der Waals surface area contributed by atoms with Crippen molar-refractivity contribution in [1.82, 2.24) is 20.0 Å². The van der Waals surface area contributed by atoms with E-state index in [0.29, 0.717) is 6.54 Å². The SMILES string of the molecule is CCNC(=NCc1ccc(-n2cccn2)cc1)N(C)CCOCC1CC1. The Morgan fingerprint density at radius 1 is 1.35 bits per heavy atom. The number of guanidine groups is 1. The van der Waals surface area contributed by atoms with E-state index in [0.717, 1.165) is 43.9 Å². The Labute approximate surface area is 155 Å². The summed E-state index contributed by atoms with van der Waals surface area (Å²) in [4.78, 5) is 6.89. The average molecular weight is 355 g/mol. The summed E-state index contributed by atoms with van der Waals surface area (Å²) in [7, 11) is 2.06. The predicted molar refractivity (Wildman–Crippen MR) is 105 cm³/mol. The summed E-state index contributed by atoms with van der Waals surface area (Å²) in [6, 6.07) is 10.3. The van der Waals surface area contributed by atoms with Crippen molar-refractivity contribution in [2.45, 2.75) is 26.3 Å². The van der Waals surface area contributed by atoms with E-state index in [1.807, 2.05) is 16.9 Å². The van der Waals surface area contributed by atoms with Gasteiger partial charge in [0.1, 0.15) is 0 Å². The highest BCUT2D eigenvalue weighted by molar-refractivity contribution is 5.79. The van der Waals surface area contributed by atoms with Crippen molar-refractivity contribution >= 4 is 5.96 Å². The van der Waals surface area contributed by atoms with Crippen molar-refractivity contribution in [3.8, 4) is 5.69 Å². The molecule has 0 amide bonds.